The monoisotopic (exact) mass is 539 g/mol. The van der Waals surface area contributed by atoms with Gasteiger partial charge in [-0.3, -0.25) is 15.1 Å². The Morgan fingerprint density at radius 2 is 1.67 bits per heavy atom. The highest BCUT2D eigenvalue weighted by atomic mass is 32.2. The molecule has 0 aromatic heterocycles. The van der Waals surface area contributed by atoms with Crippen molar-refractivity contribution in [3.05, 3.63) is 100.0 Å². The van der Waals surface area contributed by atoms with Crippen molar-refractivity contribution in [2.24, 2.45) is 4.99 Å². The van der Waals surface area contributed by atoms with Crippen LogP contribution in [0.4, 0.5) is 0 Å². The van der Waals surface area contributed by atoms with Gasteiger partial charge in [0.2, 0.25) is 0 Å². The molecule has 0 spiro atoms. The van der Waals surface area contributed by atoms with Gasteiger partial charge in [0.05, 0.1) is 17.9 Å². The van der Waals surface area contributed by atoms with Crippen molar-refractivity contribution < 1.29 is 19.0 Å². The second kappa shape index (κ2) is 11.6. The molecule has 198 valence electrons. The molecule has 2 heterocycles. The summed E-state index contributed by atoms with van der Waals surface area (Å²) in [5, 5.41) is 11.3. The molecule has 0 fully saturated rings. The molecule has 1 N–H and O–H groups in total. The van der Waals surface area contributed by atoms with E-state index in [4.69, 9.17) is 19.6 Å². The van der Waals surface area contributed by atoms with Gasteiger partial charge in [-0.25, -0.2) is 0 Å². The molecule has 0 bridgehead atoms. The number of ether oxygens (including phenoxy) is 3. The van der Waals surface area contributed by atoms with E-state index in [0.29, 0.717) is 42.1 Å². The molecule has 0 atom stereocenters. The molecule has 0 radical (unpaired) electrons. The van der Waals surface area contributed by atoms with E-state index < -0.39 is 5.91 Å². The van der Waals surface area contributed by atoms with Crippen LogP contribution in [0.2, 0.25) is 0 Å². The minimum absolute atomic E-state index is 0.0897. The van der Waals surface area contributed by atoms with E-state index in [1.165, 1.54) is 11.8 Å². The number of amidine groups is 2. The molecule has 7 nitrogen and oxygen atoms in total. The lowest BCUT2D eigenvalue weighted by atomic mass is 10.1. The summed E-state index contributed by atoms with van der Waals surface area (Å²) in [6.45, 7) is 7.16. The van der Waals surface area contributed by atoms with Gasteiger partial charge in [-0.1, -0.05) is 54.2 Å². The van der Waals surface area contributed by atoms with Crippen LogP contribution in [-0.4, -0.2) is 41.6 Å². The van der Waals surface area contributed by atoms with Gasteiger partial charge in [0.1, 0.15) is 24.8 Å². The molecule has 8 heteroatoms. The van der Waals surface area contributed by atoms with Crippen molar-refractivity contribution >= 4 is 40.4 Å². The predicted octanol–water partition coefficient (Wildman–Crippen LogP) is 6.46. The molecule has 0 saturated carbocycles. The summed E-state index contributed by atoms with van der Waals surface area (Å²) >= 11 is 1.34. The van der Waals surface area contributed by atoms with E-state index >= 15 is 0 Å². The molecule has 1 amide bonds. The smallest absolute Gasteiger partial charge is 0.283 e. The third-order valence-electron chi connectivity index (χ3n) is 6.07. The summed E-state index contributed by atoms with van der Waals surface area (Å²) in [5.41, 5.74) is 5.00. The number of nitrogens with one attached hydrogen (secondary N) is 1. The molecule has 0 aliphatic carbocycles. The Kier molecular flexibility index (Phi) is 7.84. The lowest BCUT2D eigenvalue weighted by Crippen LogP contribution is -2.38. The topological polar surface area (TPSA) is 84.2 Å². The number of hydrogen-bond donors (Lipinski definition) is 1. The molecular formula is C31H29N3O4S. The lowest BCUT2D eigenvalue weighted by molar-refractivity contribution is -0.114. The fraction of sp³-hybridized carbons (Fsp3) is 0.194. The predicted molar refractivity (Wildman–Crippen MR) is 157 cm³/mol. The Morgan fingerprint density at radius 3 is 2.41 bits per heavy atom. The zero-order valence-corrected chi connectivity index (χ0v) is 22.9. The summed E-state index contributed by atoms with van der Waals surface area (Å²) in [4.78, 5) is 18.8. The molecule has 2 aliphatic rings. The van der Waals surface area contributed by atoms with E-state index in [-0.39, 0.29) is 11.4 Å². The maximum atomic E-state index is 12.9. The van der Waals surface area contributed by atoms with Gasteiger partial charge in [0.25, 0.3) is 5.91 Å². The molecule has 3 aromatic carbocycles. The Morgan fingerprint density at radius 1 is 0.923 bits per heavy atom. The molecule has 2 aliphatic heterocycles. The SMILES string of the molecule is CCOc1cc(C=C2C(=N)N3C(c4ccccc4)=CSC3=NC2=O)ccc1OCCOc1cc(C)cc(C)c1. The van der Waals surface area contributed by atoms with E-state index in [1.54, 1.807) is 17.0 Å². The maximum Gasteiger partial charge on any atom is 0.283 e. The van der Waals surface area contributed by atoms with Crippen LogP contribution in [0.3, 0.4) is 0 Å². The summed E-state index contributed by atoms with van der Waals surface area (Å²) in [6, 6.07) is 21.3. The third-order valence-corrected chi connectivity index (χ3v) is 6.89. The number of rotatable bonds is 9. The van der Waals surface area contributed by atoms with E-state index in [2.05, 4.69) is 11.1 Å². The van der Waals surface area contributed by atoms with Crippen molar-refractivity contribution in [2.45, 2.75) is 20.8 Å². The summed E-state index contributed by atoms with van der Waals surface area (Å²) in [7, 11) is 0. The highest BCUT2D eigenvalue weighted by Gasteiger charge is 2.36. The van der Waals surface area contributed by atoms with Gasteiger partial charge in [-0.05, 0) is 73.4 Å². The number of carbonyl (C=O) groups excluding carboxylic acids is 1. The van der Waals surface area contributed by atoms with Crippen LogP contribution in [0, 0.1) is 19.3 Å². The standard InChI is InChI=1S/C31H29N3O4S/c1-4-36-28-18-22(10-11-27(28)38-13-12-37-24-15-20(2)14-21(3)16-24)17-25-29(32)34-26(23-8-6-5-7-9-23)19-39-31(34)33-30(25)35/h5-11,14-19,32H,4,12-13H2,1-3H3. The first-order chi connectivity index (χ1) is 18.9. The van der Waals surface area contributed by atoms with Gasteiger partial charge in [0.15, 0.2) is 16.7 Å². The van der Waals surface area contributed by atoms with E-state index in [1.807, 2.05) is 80.8 Å². The Bertz CT molecular complexity index is 1490. The van der Waals surface area contributed by atoms with Crippen LogP contribution in [0.5, 0.6) is 17.2 Å². The van der Waals surface area contributed by atoms with E-state index in [9.17, 15) is 4.79 Å². The van der Waals surface area contributed by atoms with Crippen LogP contribution in [-0.2, 0) is 4.79 Å². The van der Waals surface area contributed by atoms with Gasteiger partial charge < -0.3 is 14.2 Å². The van der Waals surface area contributed by atoms with E-state index in [0.717, 1.165) is 28.1 Å². The Labute approximate surface area is 232 Å². The average molecular weight is 540 g/mol. The van der Waals surface area contributed by atoms with Crippen molar-refractivity contribution in [3.63, 3.8) is 0 Å². The number of aliphatic imine (C=N–C) groups is 1. The molecule has 5 rings (SSSR count). The number of benzene rings is 3. The number of fused-ring (bicyclic) bond motifs is 1. The van der Waals surface area contributed by atoms with Crippen LogP contribution in [0.15, 0.2) is 82.7 Å². The zero-order chi connectivity index (χ0) is 27.4. The Balaban J connectivity index is 1.31. The molecule has 0 saturated heterocycles. The first-order valence-electron chi connectivity index (χ1n) is 12.7. The molecule has 3 aromatic rings. The first kappa shape index (κ1) is 26.3. The van der Waals surface area contributed by atoms with Crippen molar-refractivity contribution in [3.8, 4) is 17.2 Å². The largest absolute Gasteiger partial charge is 0.490 e. The quantitative estimate of drug-likeness (QED) is 0.248. The zero-order valence-electron chi connectivity index (χ0n) is 22.1. The highest BCUT2D eigenvalue weighted by molar-refractivity contribution is 8.17. The van der Waals surface area contributed by atoms with Crippen molar-refractivity contribution in [2.75, 3.05) is 19.8 Å². The van der Waals surface area contributed by atoms with Gasteiger partial charge in [0, 0.05) is 5.41 Å². The highest BCUT2D eigenvalue weighted by Crippen LogP contribution is 2.38. The molecular weight excluding hydrogens is 510 g/mol. The Hall–Kier alpha value is -4.30. The number of nitrogens with zero attached hydrogens (tertiary/aromatic N) is 2. The number of thioether (sulfide) groups is 1. The third kappa shape index (κ3) is 5.91. The van der Waals surface area contributed by atoms with Crippen LogP contribution < -0.4 is 14.2 Å². The average Bonchev–Trinajstić information content (AvgIpc) is 3.34. The summed E-state index contributed by atoms with van der Waals surface area (Å²) in [5.74, 6) is 1.60. The second-order valence-electron chi connectivity index (χ2n) is 9.09. The first-order valence-corrected chi connectivity index (χ1v) is 13.6. The fourth-order valence-corrected chi connectivity index (χ4v) is 5.30. The summed E-state index contributed by atoms with van der Waals surface area (Å²) in [6.07, 6.45) is 1.67. The maximum absolute atomic E-state index is 12.9. The van der Waals surface area contributed by atoms with Crippen molar-refractivity contribution in [1.29, 1.82) is 5.41 Å². The van der Waals surface area contributed by atoms with Crippen LogP contribution in [0.1, 0.15) is 29.2 Å². The van der Waals surface area contributed by atoms with Gasteiger partial charge in [-0.2, -0.15) is 4.99 Å². The minimum atomic E-state index is -0.441. The number of aryl methyl sites for hydroxylation is 2. The summed E-state index contributed by atoms with van der Waals surface area (Å²) < 4.78 is 17.6. The van der Waals surface area contributed by atoms with Gasteiger partial charge in [-0.15, -0.1) is 0 Å². The lowest BCUT2D eigenvalue weighted by Gasteiger charge is -2.27. The molecule has 0 unspecified atom stereocenters. The van der Waals surface area contributed by atoms with Crippen molar-refractivity contribution in [1.82, 2.24) is 4.90 Å². The van der Waals surface area contributed by atoms with Crippen LogP contribution in [0.25, 0.3) is 11.8 Å². The number of carbonyl (C=O) groups is 1. The normalized spacial score (nSPS) is 15.7. The van der Waals surface area contributed by atoms with Crippen LogP contribution >= 0.6 is 11.8 Å². The van der Waals surface area contributed by atoms with Gasteiger partial charge >= 0.3 is 0 Å². The second-order valence-corrected chi connectivity index (χ2v) is 9.92. The number of amides is 1. The fourth-order valence-electron chi connectivity index (χ4n) is 4.41. The number of hydrogen-bond acceptors (Lipinski definition) is 6. The minimum Gasteiger partial charge on any atom is -0.490 e. The molecule has 39 heavy (non-hydrogen) atoms.